The summed E-state index contributed by atoms with van der Waals surface area (Å²) in [6, 6.07) is -1.82. The Morgan fingerprint density at radius 2 is 2.11 bits per heavy atom. The number of hydrogen-bond donors (Lipinski definition) is 5. The summed E-state index contributed by atoms with van der Waals surface area (Å²) in [4.78, 5) is 54.2. The number of aromatic nitrogens is 4. The number of likely N-dealkylation sites (tertiary alicyclic amines) is 1. The first kappa shape index (κ1) is 26.5. The van der Waals surface area contributed by atoms with Crippen molar-refractivity contribution in [1.29, 1.82) is 0 Å². The van der Waals surface area contributed by atoms with Gasteiger partial charge in [-0.2, -0.15) is 0 Å². The van der Waals surface area contributed by atoms with Crippen molar-refractivity contribution in [3.8, 4) is 0 Å². The minimum absolute atomic E-state index is 0.0237. The van der Waals surface area contributed by atoms with Crippen molar-refractivity contribution in [2.45, 2.75) is 62.3 Å². The molecule has 3 amide bonds. The summed E-state index contributed by atoms with van der Waals surface area (Å²) in [5.74, 6) is -2.83. The molecule has 8 atom stereocenters. The monoisotopic (exact) mass is 549 g/mol. The number of tetrazole rings is 1. The average molecular weight is 550 g/mol. The highest BCUT2D eigenvalue weighted by atomic mass is 32.2. The van der Waals surface area contributed by atoms with Crippen LogP contribution in [0.15, 0.2) is 16.9 Å². The molecular weight excluding hydrogens is 518 g/mol. The molecule has 3 saturated heterocycles. The maximum Gasteiger partial charge on any atom is 0.353 e. The first-order chi connectivity index (χ1) is 18.1. The summed E-state index contributed by atoms with van der Waals surface area (Å²) in [5, 5.41) is 36.5. The molecular formula is C22H31N9O6S. The van der Waals surface area contributed by atoms with Crippen molar-refractivity contribution in [3.05, 3.63) is 16.9 Å². The number of hydrogen-bond acceptors (Lipinski definition) is 11. The number of carbonyl (C=O) groups excluding carboxylic acids is 3. The van der Waals surface area contributed by atoms with Gasteiger partial charge in [0.1, 0.15) is 18.6 Å². The van der Waals surface area contributed by atoms with Crippen LogP contribution >= 0.6 is 11.8 Å². The second-order valence-corrected chi connectivity index (χ2v) is 11.6. The molecule has 0 spiro atoms. The van der Waals surface area contributed by atoms with Crippen molar-refractivity contribution >= 4 is 35.5 Å². The lowest BCUT2D eigenvalue weighted by molar-refractivity contribution is -0.158. The van der Waals surface area contributed by atoms with Gasteiger partial charge in [0.05, 0.1) is 24.1 Å². The molecule has 3 fully saturated rings. The molecule has 0 bridgehead atoms. The van der Waals surface area contributed by atoms with E-state index in [0.717, 1.165) is 0 Å². The Morgan fingerprint density at radius 3 is 2.74 bits per heavy atom. The predicted molar refractivity (Wildman–Crippen MR) is 132 cm³/mol. The first-order valence-electron chi connectivity index (χ1n) is 12.5. The SMILES string of the molecule is C[C@@H](NC(=O)Cn1cnnn1)[C@H]1C(=O)N2C(C(=O)O)=C(S[C@@H]3CNC(C(=O)N4C[C@@H](O)[C@@H](N)C4)C3)[C@H](C)[C@H]12. The molecule has 16 heteroatoms. The highest BCUT2D eigenvalue weighted by Gasteiger charge is 2.60. The van der Waals surface area contributed by atoms with E-state index < -0.39 is 36.1 Å². The summed E-state index contributed by atoms with van der Waals surface area (Å²) in [6.07, 6.45) is 1.06. The Morgan fingerprint density at radius 1 is 1.34 bits per heavy atom. The number of fused-ring (bicyclic) bond motifs is 1. The lowest BCUT2D eigenvalue weighted by atomic mass is 9.78. The van der Waals surface area contributed by atoms with Gasteiger partial charge in [-0.15, -0.1) is 16.9 Å². The number of aliphatic hydroxyl groups excluding tert-OH is 1. The Balaban J connectivity index is 1.23. The summed E-state index contributed by atoms with van der Waals surface area (Å²) >= 11 is 1.39. The maximum atomic E-state index is 13.1. The number of aliphatic carboxylic acids is 1. The molecule has 206 valence electrons. The van der Waals surface area contributed by atoms with Gasteiger partial charge in [-0.05, 0) is 23.8 Å². The van der Waals surface area contributed by atoms with Crippen LogP contribution in [0.2, 0.25) is 0 Å². The molecule has 1 aromatic rings. The van der Waals surface area contributed by atoms with Crippen LogP contribution in [-0.2, 0) is 25.7 Å². The third kappa shape index (κ3) is 4.65. The van der Waals surface area contributed by atoms with E-state index in [1.165, 1.54) is 27.7 Å². The van der Waals surface area contributed by atoms with Crippen molar-refractivity contribution < 1.29 is 29.4 Å². The third-order valence-corrected chi connectivity index (χ3v) is 9.25. The van der Waals surface area contributed by atoms with E-state index >= 15 is 0 Å². The third-order valence-electron chi connectivity index (χ3n) is 7.74. The van der Waals surface area contributed by atoms with E-state index in [0.29, 0.717) is 24.4 Å². The quantitative estimate of drug-likeness (QED) is 0.205. The zero-order chi connectivity index (χ0) is 27.3. The number of carbonyl (C=O) groups is 4. The highest BCUT2D eigenvalue weighted by Crippen LogP contribution is 2.51. The fourth-order valence-electron chi connectivity index (χ4n) is 5.86. The van der Waals surface area contributed by atoms with Crippen LogP contribution in [0.25, 0.3) is 0 Å². The van der Waals surface area contributed by atoms with Crippen molar-refractivity contribution in [1.82, 2.24) is 40.6 Å². The lowest BCUT2D eigenvalue weighted by Gasteiger charge is -2.47. The van der Waals surface area contributed by atoms with Gasteiger partial charge >= 0.3 is 5.97 Å². The summed E-state index contributed by atoms with van der Waals surface area (Å²) in [6.45, 7) is 4.52. The highest BCUT2D eigenvalue weighted by molar-refractivity contribution is 8.03. The van der Waals surface area contributed by atoms with Gasteiger partial charge in [0.2, 0.25) is 17.7 Å². The summed E-state index contributed by atoms with van der Waals surface area (Å²) < 4.78 is 1.27. The molecule has 0 radical (unpaired) electrons. The second-order valence-electron chi connectivity index (χ2n) is 10.3. The molecule has 0 aromatic carbocycles. The van der Waals surface area contributed by atoms with Gasteiger partial charge in [-0.3, -0.25) is 14.4 Å². The average Bonchev–Trinajstić information content (AvgIpc) is 3.63. The first-order valence-corrected chi connectivity index (χ1v) is 13.4. The smallest absolute Gasteiger partial charge is 0.353 e. The van der Waals surface area contributed by atoms with Crippen LogP contribution < -0.4 is 16.4 Å². The maximum absolute atomic E-state index is 13.1. The van der Waals surface area contributed by atoms with Gasteiger partial charge in [-0.1, -0.05) is 6.92 Å². The fourth-order valence-corrected chi connectivity index (χ4v) is 7.34. The number of amides is 3. The molecule has 1 unspecified atom stereocenters. The molecule has 5 rings (SSSR count). The van der Waals surface area contributed by atoms with Crippen molar-refractivity contribution in [3.63, 3.8) is 0 Å². The Bertz CT molecular complexity index is 1150. The Kier molecular flexibility index (Phi) is 7.15. The molecule has 6 N–H and O–H groups in total. The zero-order valence-corrected chi connectivity index (χ0v) is 21.7. The van der Waals surface area contributed by atoms with E-state index in [1.54, 1.807) is 11.8 Å². The lowest BCUT2D eigenvalue weighted by Crippen LogP contribution is -2.66. The van der Waals surface area contributed by atoms with E-state index in [-0.39, 0.29) is 53.7 Å². The normalized spacial score (nSPS) is 33.4. The number of aliphatic hydroxyl groups is 1. The summed E-state index contributed by atoms with van der Waals surface area (Å²) in [7, 11) is 0. The molecule has 0 aliphatic carbocycles. The van der Waals surface area contributed by atoms with Crippen LogP contribution in [-0.4, -0.2) is 119 Å². The van der Waals surface area contributed by atoms with Gasteiger partial charge in [0, 0.05) is 47.8 Å². The Hall–Kier alpha value is -3.08. The fraction of sp³-hybridized carbons (Fsp3) is 0.682. The molecule has 1 aromatic heterocycles. The van der Waals surface area contributed by atoms with Crippen LogP contribution in [0.3, 0.4) is 0 Å². The van der Waals surface area contributed by atoms with E-state index in [9.17, 15) is 29.4 Å². The number of nitrogens with one attached hydrogen (secondary N) is 2. The molecule has 4 aliphatic heterocycles. The number of nitrogens with zero attached hydrogens (tertiary/aromatic N) is 6. The largest absolute Gasteiger partial charge is 0.477 e. The molecule has 0 saturated carbocycles. The van der Waals surface area contributed by atoms with E-state index in [2.05, 4.69) is 26.2 Å². The molecule has 15 nitrogen and oxygen atoms in total. The van der Waals surface area contributed by atoms with Gasteiger partial charge < -0.3 is 36.4 Å². The van der Waals surface area contributed by atoms with Gasteiger partial charge in [0.15, 0.2) is 0 Å². The number of β-lactam (4-membered cyclic amide) rings is 1. The predicted octanol–water partition coefficient (Wildman–Crippen LogP) is -3.06. The minimum Gasteiger partial charge on any atom is -0.477 e. The number of rotatable bonds is 8. The topological polar surface area (TPSA) is 209 Å². The molecule has 38 heavy (non-hydrogen) atoms. The number of thioether (sulfide) groups is 1. The zero-order valence-electron chi connectivity index (χ0n) is 20.9. The van der Waals surface area contributed by atoms with Gasteiger partial charge in [-0.25, -0.2) is 9.48 Å². The van der Waals surface area contributed by atoms with Crippen LogP contribution in [0.4, 0.5) is 0 Å². The standard InChI is InChI=1S/C22H31N9O6S/c1-9-17-16(10(2)26-15(33)7-30-8-25-27-28-30)21(35)31(17)18(22(36)37)19(9)38-11-3-13(24-4-11)20(34)29-5-12(23)14(32)6-29/h8-14,16-17,24,32H,3-7,23H2,1-2H3,(H,26,33)(H,36,37)/t9-,10-,11+,12+,13?,14-,16-,17-/m1/s1. The van der Waals surface area contributed by atoms with Crippen LogP contribution in [0, 0.1) is 11.8 Å². The molecule has 4 aliphatic rings. The summed E-state index contributed by atoms with van der Waals surface area (Å²) in [5.41, 5.74) is 5.81. The number of carboxylic acid groups (broad SMARTS) is 1. The number of β-amino-alcohol motifs (C(OH)–C–C–N with tert-alkyl or cyclic N) is 1. The van der Waals surface area contributed by atoms with Crippen LogP contribution in [0.1, 0.15) is 20.3 Å². The minimum atomic E-state index is -1.18. The van der Waals surface area contributed by atoms with Crippen molar-refractivity contribution in [2.24, 2.45) is 17.6 Å². The number of carboxylic acids is 1. The van der Waals surface area contributed by atoms with E-state index in [1.807, 2.05) is 6.92 Å². The van der Waals surface area contributed by atoms with Crippen molar-refractivity contribution in [2.75, 3.05) is 19.6 Å². The number of nitrogens with two attached hydrogens (primary N) is 1. The molecule has 5 heterocycles. The van der Waals surface area contributed by atoms with E-state index in [4.69, 9.17) is 5.73 Å². The Labute approximate surface area is 222 Å². The van der Waals surface area contributed by atoms with Crippen LogP contribution in [0.5, 0.6) is 0 Å². The van der Waals surface area contributed by atoms with Gasteiger partial charge in [0.25, 0.3) is 0 Å². The second kappa shape index (κ2) is 10.2.